The van der Waals surface area contributed by atoms with Gasteiger partial charge in [0.25, 0.3) is 10.2 Å². The zero-order valence-electron chi connectivity index (χ0n) is 9.57. The van der Waals surface area contributed by atoms with Gasteiger partial charge in [0.15, 0.2) is 0 Å². The Hall–Kier alpha value is -1.52. The van der Waals surface area contributed by atoms with E-state index in [0.29, 0.717) is 0 Å². The minimum atomic E-state index is -4.79. The molecule has 0 aliphatic rings. The lowest BCUT2D eigenvalue weighted by molar-refractivity contribution is -0.274. The van der Waals surface area contributed by atoms with Crippen LogP contribution < -0.4 is 19.9 Å². The van der Waals surface area contributed by atoms with Crippen molar-refractivity contribution in [2.45, 2.75) is 6.36 Å². The Bertz CT molecular complexity index is 502. The van der Waals surface area contributed by atoms with Crippen LogP contribution >= 0.6 is 0 Å². The molecule has 10 heteroatoms. The maximum atomic E-state index is 11.9. The summed E-state index contributed by atoms with van der Waals surface area (Å²) in [4.78, 5) is 0. The predicted molar refractivity (Wildman–Crippen MR) is 62.7 cm³/mol. The lowest BCUT2D eigenvalue weighted by Gasteiger charge is -2.11. The molecule has 0 saturated heterocycles. The highest BCUT2D eigenvalue weighted by Gasteiger charge is 2.30. The molecule has 1 aromatic rings. The summed E-state index contributed by atoms with van der Waals surface area (Å²) in [7, 11) is -3.79. The largest absolute Gasteiger partial charge is 0.573 e. The molecule has 1 aromatic carbocycles. The third-order valence-electron chi connectivity index (χ3n) is 1.78. The van der Waals surface area contributed by atoms with Crippen LogP contribution in [0, 0.1) is 0 Å². The van der Waals surface area contributed by atoms with Gasteiger partial charge in [-0.15, -0.1) is 13.2 Å². The average Bonchev–Trinajstić information content (AvgIpc) is 2.27. The van der Waals surface area contributed by atoms with Gasteiger partial charge in [-0.3, -0.25) is 4.72 Å². The number of halogens is 3. The van der Waals surface area contributed by atoms with E-state index in [4.69, 9.17) is 5.73 Å². The van der Waals surface area contributed by atoms with E-state index < -0.39 is 22.3 Å². The Balaban J connectivity index is 2.67. The van der Waals surface area contributed by atoms with E-state index in [-0.39, 0.29) is 18.8 Å². The van der Waals surface area contributed by atoms with Gasteiger partial charge >= 0.3 is 6.36 Å². The number of ether oxygens (including phenoxy) is 1. The third kappa shape index (κ3) is 6.27. The first-order valence-corrected chi connectivity index (χ1v) is 6.53. The van der Waals surface area contributed by atoms with Crippen molar-refractivity contribution in [3.63, 3.8) is 0 Å². The zero-order chi connectivity index (χ0) is 14.5. The van der Waals surface area contributed by atoms with Crippen LogP contribution in [-0.4, -0.2) is 27.9 Å². The van der Waals surface area contributed by atoms with Crippen LogP contribution in [0.25, 0.3) is 0 Å². The molecule has 0 aliphatic heterocycles. The fraction of sp³-hybridized carbons (Fsp3) is 0.333. The van der Waals surface area contributed by atoms with Gasteiger partial charge < -0.3 is 10.5 Å². The Morgan fingerprint density at radius 1 is 1.21 bits per heavy atom. The van der Waals surface area contributed by atoms with Crippen molar-refractivity contribution in [3.05, 3.63) is 24.3 Å². The molecule has 19 heavy (non-hydrogen) atoms. The SMILES string of the molecule is NCCNS(=O)(=O)Nc1ccc(OC(F)(F)F)cc1. The lowest BCUT2D eigenvalue weighted by atomic mass is 10.3. The van der Waals surface area contributed by atoms with Crippen molar-refractivity contribution in [2.24, 2.45) is 5.73 Å². The fourth-order valence-electron chi connectivity index (χ4n) is 1.11. The molecule has 0 saturated carbocycles. The first-order chi connectivity index (χ1) is 8.72. The summed E-state index contributed by atoms with van der Waals surface area (Å²) in [5, 5.41) is 0. The molecule has 0 atom stereocenters. The molecule has 0 spiro atoms. The molecule has 1 rings (SSSR count). The molecule has 0 heterocycles. The number of benzene rings is 1. The maximum absolute atomic E-state index is 11.9. The smallest absolute Gasteiger partial charge is 0.406 e. The van der Waals surface area contributed by atoms with Crippen LogP contribution in [0.2, 0.25) is 0 Å². The summed E-state index contributed by atoms with van der Waals surface area (Å²) >= 11 is 0. The normalized spacial score (nSPS) is 12.2. The summed E-state index contributed by atoms with van der Waals surface area (Å²) in [6, 6.07) is 4.27. The van der Waals surface area contributed by atoms with E-state index >= 15 is 0 Å². The van der Waals surface area contributed by atoms with Gasteiger partial charge in [-0.05, 0) is 24.3 Å². The summed E-state index contributed by atoms with van der Waals surface area (Å²) in [6.45, 7) is 0.171. The van der Waals surface area contributed by atoms with Crippen molar-refractivity contribution >= 4 is 15.9 Å². The monoisotopic (exact) mass is 299 g/mol. The van der Waals surface area contributed by atoms with Crippen LogP contribution in [0.1, 0.15) is 0 Å². The van der Waals surface area contributed by atoms with Crippen molar-refractivity contribution in [2.75, 3.05) is 17.8 Å². The second-order valence-corrected chi connectivity index (χ2v) is 4.86. The predicted octanol–water partition coefficient (Wildman–Crippen LogP) is 0.790. The molecule has 0 bridgehead atoms. The highest BCUT2D eigenvalue weighted by Crippen LogP contribution is 2.24. The van der Waals surface area contributed by atoms with Crippen molar-refractivity contribution in [3.8, 4) is 5.75 Å². The highest BCUT2D eigenvalue weighted by atomic mass is 32.2. The Labute approximate surface area is 107 Å². The number of nitrogens with one attached hydrogen (secondary N) is 2. The molecular weight excluding hydrogens is 287 g/mol. The van der Waals surface area contributed by atoms with E-state index in [1.807, 2.05) is 0 Å². The average molecular weight is 299 g/mol. The minimum Gasteiger partial charge on any atom is -0.406 e. The molecule has 108 valence electrons. The topological polar surface area (TPSA) is 93.5 Å². The van der Waals surface area contributed by atoms with Crippen molar-refractivity contribution in [1.29, 1.82) is 0 Å². The van der Waals surface area contributed by atoms with E-state index in [1.54, 1.807) is 0 Å². The number of rotatable bonds is 6. The Kier molecular flexibility index (Phi) is 4.97. The first kappa shape index (κ1) is 15.5. The summed E-state index contributed by atoms with van der Waals surface area (Å²) < 4.78 is 66.3. The number of hydrogen-bond acceptors (Lipinski definition) is 4. The van der Waals surface area contributed by atoms with Crippen LogP contribution in [-0.2, 0) is 10.2 Å². The van der Waals surface area contributed by atoms with Crippen LogP contribution in [0.5, 0.6) is 5.75 Å². The first-order valence-electron chi connectivity index (χ1n) is 5.05. The number of alkyl halides is 3. The van der Waals surface area contributed by atoms with Gasteiger partial charge in [-0.25, -0.2) is 0 Å². The molecule has 0 unspecified atom stereocenters. The van der Waals surface area contributed by atoms with Gasteiger partial charge in [0.2, 0.25) is 0 Å². The van der Waals surface area contributed by atoms with Gasteiger partial charge in [-0.2, -0.15) is 13.1 Å². The molecule has 0 aromatic heterocycles. The van der Waals surface area contributed by atoms with Crippen LogP contribution in [0.3, 0.4) is 0 Å². The number of nitrogens with two attached hydrogens (primary N) is 1. The molecule has 0 amide bonds. The summed E-state index contributed by atoms with van der Waals surface area (Å²) in [6.07, 6.45) is -4.79. The van der Waals surface area contributed by atoms with Gasteiger partial charge in [-0.1, -0.05) is 0 Å². The fourth-order valence-corrected chi connectivity index (χ4v) is 2.01. The van der Waals surface area contributed by atoms with E-state index in [9.17, 15) is 21.6 Å². The van der Waals surface area contributed by atoms with Crippen LogP contribution in [0.4, 0.5) is 18.9 Å². The minimum absolute atomic E-state index is 0.0462. The maximum Gasteiger partial charge on any atom is 0.573 e. The van der Waals surface area contributed by atoms with Gasteiger partial charge in [0.05, 0.1) is 5.69 Å². The van der Waals surface area contributed by atoms with E-state index in [0.717, 1.165) is 24.3 Å². The zero-order valence-corrected chi connectivity index (χ0v) is 10.4. The number of anilines is 1. The van der Waals surface area contributed by atoms with Crippen LogP contribution in [0.15, 0.2) is 24.3 Å². The summed E-state index contributed by atoms with van der Waals surface area (Å²) in [5.41, 5.74) is 5.23. The lowest BCUT2D eigenvalue weighted by Crippen LogP contribution is -2.33. The quantitative estimate of drug-likeness (QED) is 0.724. The van der Waals surface area contributed by atoms with Crippen molar-refractivity contribution < 1.29 is 26.3 Å². The Morgan fingerprint density at radius 3 is 2.26 bits per heavy atom. The molecule has 0 fully saturated rings. The second-order valence-electron chi connectivity index (χ2n) is 3.36. The standard InChI is InChI=1S/C9H12F3N3O3S/c10-9(11,12)18-8-3-1-7(2-4-8)15-19(16,17)14-6-5-13/h1-4,14-15H,5-6,13H2. The number of hydrogen-bond donors (Lipinski definition) is 3. The molecule has 0 radical (unpaired) electrons. The van der Waals surface area contributed by atoms with E-state index in [1.165, 1.54) is 0 Å². The molecule has 6 nitrogen and oxygen atoms in total. The second kappa shape index (κ2) is 6.08. The molecule has 4 N–H and O–H groups in total. The molecule has 0 aliphatic carbocycles. The summed E-state index contributed by atoms with van der Waals surface area (Å²) in [5.74, 6) is -0.439. The third-order valence-corrected chi connectivity index (χ3v) is 2.87. The Morgan fingerprint density at radius 2 is 1.79 bits per heavy atom. The van der Waals surface area contributed by atoms with E-state index in [2.05, 4.69) is 14.2 Å². The van der Waals surface area contributed by atoms with Gasteiger partial charge in [0.1, 0.15) is 5.75 Å². The van der Waals surface area contributed by atoms with Gasteiger partial charge in [0, 0.05) is 13.1 Å². The van der Waals surface area contributed by atoms with Crippen molar-refractivity contribution in [1.82, 2.24) is 4.72 Å². The highest BCUT2D eigenvalue weighted by molar-refractivity contribution is 7.90. The molecular formula is C9H12F3N3O3S.